The number of benzene rings is 1. The van der Waals surface area contributed by atoms with Crippen molar-refractivity contribution in [3.63, 3.8) is 0 Å². The molecule has 2 atom stereocenters. The van der Waals surface area contributed by atoms with Gasteiger partial charge in [-0.15, -0.1) is 0 Å². The third-order valence-electron chi connectivity index (χ3n) is 10.4. The number of allylic oxidation sites excluding steroid dienone is 2. The molecule has 2 saturated carbocycles. The Kier molecular flexibility index (Phi) is 14.2. The van der Waals surface area contributed by atoms with Crippen LogP contribution < -0.4 is 9.47 Å². The van der Waals surface area contributed by atoms with E-state index in [4.69, 9.17) is 14.2 Å². The Bertz CT molecular complexity index is 991. The van der Waals surface area contributed by atoms with Crippen molar-refractivity contribution in [1.82, 2.24) is 0 Å². The summed E-state index contributed by atoms with van der Waals surface area (Å²) >= 11 is 0. The third kappa shape index (κ3) is 10.9. The third-order valence-corrected chi connectivity index (χ3v) is 10.4. The zero-order chi connectivity index (χ0) is 31.4. The highest BCUT2D eigenvalue weighted by Crippen LogP contribution is 2.40. The highest BCUT2D eigenvalue weighted by molar-refractivity contribution is 5.35. The van der Waals surface area contributed by atoms with E-state index in [2.05, 4.69) is 19.1 Å². The van der Waals surface area contributed by atoms with Crippen LogP contribution in [0.15, 0.2) is 24.3 Å². The SMILES string of the molecule is CCCCCOc1ccc(OCC(F)(F)CC2CCC(C=CC3CCC(C4CCC(CCCC)OC4)CC3)CC2)c(F)c1F. The van der Waals surface area contributed by atoms with Crippen molar-refractivity contribution < 1.29 is 31.8 Å². The fourth-order valence-corrected chi connectivity index (χ4v) is 7.50. The number of halogens is 4. The van der Waals surface area contributed by atoms with E-state index in [9.17, 15) is 17.6 Å². The maximum atomic E-state index is 14.8. The van der Waals surface area contributed by atoms with Gasteiger partial charge < -0.3 is 14.2 Å². The van der Waals surface area contributed by atoms with E-state index in [1.165, 1.54) is 69.9 Å². The van der Waals surface area contributed by atoms with Gasteiger partial charge in [0.2, 0.25) is 11.6 Å². The van der Waals surface area contributed by atoms with Gasteiger partial charge in [0, 0.05) is 6.42 Å². The summed E-state index contributed by atoms with van der Waals surface area (Å²) in [5.74, 6) is -3.77. The second-order valence-electron chi connectivity index (χ2n) is 13.9. The molecule has 3 fully saturated rings. The van der Waals surface area contributed by atoms with Gasteiger partial charge >= 0.3 is 0 Å². The summed E-state index contributed by atoms with van der Waals surface area (Å²) in [4.78, 5) is 0. The van der Waals surface area contributed by atoms with Crippen molar-refractivity contribution >= 4 is 0 Å². The van der Waals surface area contributed by atoms with Crippen LogP contribution in [0.5, 0.6) is 11.5 Å². The summed E-state index contributed by atoms with van der Waals surface area (Å²) in [6.45, 7) is 4.54. The lowest BCUT2D eigenvalue weighted by Gasteiger charge is -2.37. The molecule has 1 heterocycles. The van der Waals surface area contributed by atoms with Crippen molar-refractivity contribution in [2.24, 2.45) is 29.6 Å². The molecule has 2 unspecified atom stereocenters. The van der Waals surface area contributed by atoms with Gasteiger partial charge in [-0.3, -0.25) is 0 Å². The van der Waals surface area contributed by atoms with Gasteiger partial charge in [0.05, 0.1) is 19.3 Å². The Hall–Kier alpha value is -1.76. The van der Waals surface area contributed by atoms with E-state index < -0.39 is 29.9 Å². The minimum atomic E-state index is -3.11. The van der Waals surface area contributed by atoms with Gasteiger partial charge in [0.25, 0.3) is 5.92 Å². The molecule has 3 nitrogen and oxygen atoms in total. The van der Waals surface area contributed by atoms with Crippen molar-refractivity contribution in [2.75, 3.05) is 19.8 Å². The number of hydrogen-bond acceptors (Lipinski definition) is 3. The average molecular weight is 625 g/mol. The molecule has 2 aliphatic carbocycles. The number of ether oxygens (including phenoxy) is 3. The Labute approximate surface area is 263 Å². The van der Waals surface area contributed by atoms with Crippen LogP contribution in [0.1, 0.15) is 123 Å². The predicted octanol–water partition coefficient (Wildman–Crippen LogP) is 11.1. The molecule has 0 N–H and O–H groups in total. The van der Waals surface area contributed by atoms with Crippen LogP contribution >= 0.6 is 0 Å². The molecule has 7 heteroatoms. The monoisotopic (exact) mass is 624 g/mol. The van der Waals surface area contributed by atoms with Crippen molar-refractivity contribution in [3.05, 3.63) is 35.9 Å². The highest BCUT2D eigenvalue weighted by Gasteiger charge is 2.36. The summed E-state index contributed by atoms with van der Waals surface area (Å²) in [6, 6.07) is 2.41. The molecular weight excluding hydrogens is 568 g/mol. The van der Waals surface area contributed by atoms with Crippen LogP contribution in [0, 0.1) is 41.2 Å². The molecule has 3 aliphatic rings. The largest absolute Gasteiger partial charge is 0.490 e. The molecule has 1 aromatic carbocycles. The molecule has 1 saturated heterocycles. The summed E-state index contributed by atoms with van der Waals surface area (Å²) in [7, 11) is 0. The van der Waals surface area contributed by atoms with Crippen LogP contribution in [0.4, 0.5) is 17.6 Å². The smallest absolute Gasteiger partial charge is 0.281 e. The Balaban J connectivity index is 1.12. The molecule has 0 aromatic heterocycles. The first kappa shape index (κ1) is 35.1. The van der Waals surface area contributed by atoms with Crippen molar-refractivity contribution in [3.8, 4) is 11.5 Å². The number of alkyl halides is 2. The quantitative estimate of drug-likeness (QED) is 0.104. The van der Waals surface area contributed by atoms with Crippen LogP contribution in [-0.4, -0.2) is 31.8 Å². The lowest BCUT2D eigenvalue weighted by molar-refractivity contribution is -0.0644. The number of unbranched alkanes of at least 4 members (excludes halogenated alkanes) is 3. The minimum absolute atomic E-state index is 0.0894. The van der Waals surface area contributed by atoms with Crippen LogP contribution in [0.25, 0.3) is 0 Å². The van der Waals surface area contributed by atoms with Crippen molar-refractivity contribution in [1.29, 1.82) is 0 Å². The number of rotatable bonds is 16. The van der Waals surface area contributed by atoms with E-state index in [0.29, 0.717) is 17.9 Å². The van der Waals surface area contributed by atoms with Gasteiger partial charge in [-0.25, -0.2) is 8.78 Å². The average Bonchev–Trinajstić information content (AvgIpc) is 3.03. The van der Waals surface area contributed by atoms with Gasteiger partial charge in [-0.2, -0.15) is 8.78 Å². The van der Waals surface area contributed by atoms with E-state index in [1.807, 2.05) is 6.92 Å². The maximum Gasteiger partial charge on any atom is 0.281 e. The molecule has 1 aromatic rings. The molecule has 0 spiro atoms. The lowest BCUT2D eigenvalue weighted by Crippen LogP contribution is -2.32. The molecule has 250 valence electrons. The lowest BCUT2D eigenvalue weighted by atomic mass is 9.73. The van der Waals surface area contributed by atoms with Crippen molar-refractivity contribution in [2.45, 2.75) is 135 Å². The second-order valence-corrected chi connectivity index (χ2v) is 13.9. The Morgan fingerprint density at radius 1 is 0.750 bits per heavy atom. The van der Waals surface area contributed by atoms with Crippen LogP contribution in [-0.2, 0) is 4.74 Å². The van der Waals surface area contributed by atoms with Crippen LogP contribution in [0.2, 0.25) is 0 Å². The second kappa shape index (κ2) is 17.8. The van der Waals surface area contributed by atoms with E-state index in [-0.39, 0.29) is 24.7 Å². The Morgan fingerprint density at radius 2 is 1.34 bits per heavy atom. The zero-order valence-electron chi connectivity index (χ0n) is 27.2. The first-order valence-electron chi connectivity index (χ1n) is 17.7. The van der Waals surface area contributed by atoms with Gasteiger partial charge in [-0.1, -0.05) is 51.7 Å². The first-order valence-corrected chi connectivity index (χ1v) is 17.7. The normalized spacial score (nSPS) is 28.3. The van der Waals surface area contributed by atoms with Gasteiger partial charge in [-0.05, 0) is 119 Å². The van der Waals surface area contributed by atoms with Gasteiger partial charge in [0.1, 0.15) is 0 Å². The van der Waals surface area contributed by atoms with E-state index >= 15 is 0 Å². The van der Waals surface area contributed by atoms with Crippen LogP contribution in [0.3, 0.4) is 0 Å². The highest BCUT2D eigenvalue weighted by atomic mass is 19.3. The molecule has 0 radical (unpaired) electrons. The summed E-state index contributed by atoms with van der Waals surface area (Å²) in [5, 5.41) is 0. The zero-order valence-corrected chi connectivity index (χ0v) is 27.2. The minimum Gasteiger partial charge on any atom is -0.490 e. The summed E-state index contributed by atoms with van der Waals surface area (Å²) in [5.41, 5.74) is 0. The first-order chi connectivity index (χ1) is 21.3. The molecule has 0 bridgehead atoms. The van der Waals surface area contributed by atoms with E-state index in [1.54, 1.807) is 0 Å². The standard InChI is InChI=1S/C37H56F4O3/c1-3-5-7-23-42-33-21-22-34(36(39)35(33)38)44-26-37(40,41)24-29-13-11-27(12-14-29)9-10-28-15-17-30(18-16-28)31-19-20-32(43-25-31)8-6-4-2/h9-10,21-22,27-32H,3-8,11-20,23-26H2,1-2H3. The molecule has 1 aliphatic heterocycles. The molecule has 44 heavy (non-hydrogen) atoms. The molecular formula is C37H56F4O3. The summed E-state index contributed by atoms with van der Waals surface area (Å²) in [6.07, 6.45) is 22.3. The fourth-order valence-electron chi connectivity index (χ4n) is 7.50. The number of hydrogen-bond donors (Lipinski definition) is 0. The maximum absolute atomic E-state index is 14.8. The van der Waals surface area contributed by atoms with Gasteiger partial charge in [0.15, 0.2) is 18.1 Å². The molecule has 0 amide bonds. The topological polar surface area (TPSA) is 27.7 Å². The molecule has 4 rings (SSSR count). The Morgan fingerprint density at radius 3 is 1.93 bits per heavy atom. The summed E-state index contributed by atoms with van der Waals surface area (Å²) < 4.78 is 74.9. The van der Waals surface area contributed by atoms with E-state index in [0.717, 1.165) is 63.4 Å². The fraction of sp³-hybridized carbons (Fsp3) is 0.784. The predicted molar refractivity (Wildman–Crippen MR) is 168 cm³/mol.